The average Bonchev–Trinajstić information content (AvgIpc) is 2.69. The van der Waals surface area contributed by atoms with Crippen molar-refractivity contribution in [3.63, 3.8) is 0 Å². The van der Waals surface area contributed by atoms with E-state index in [9.17, 15) is 0 Å². The second kappa shape index (κ2) is 41.5. The minimum atomic E-state index is 0. The van der Waals surface area contributed by atoms with E-state index in [0.29, 0.717) is 0 Å². The molecule has 0 saturated heterocycles. The van der Waals surface area contributed by atoms with Crippen molar-refractivity contribution in [2.75, 3.05) is 0 Å². The van der Waals surface area contributed by atoms with E-state index in [-0.39, 0.29) is 17.1 Å². The van der Waals surface area contributed by atoms with Gasteiger partial charge in [-0.3, -0.25) is 0 Å². The summed E-state index contributed by atoms with van der Waals surface area (Å²) in [4.78, 5) is 0. The Balaban J connectivity index is -0.0000000453. The van der Waals surface area contributed by atoms with Crippen LogP contribution in [-0.4, -0.2) is 0 Å². The van der Waals surface area contributed by atoms with Crippen LogP contribution in [-0.2, 0) is 26.4 Å². The van der Waals surface area contributed by atoms with E-state index in [2.05, 4.69) is 26.8 Å². The maximum atomic E-state index is 7.50. The molecule has 0 bridgehead atoms. The Morgan fingerprint density at radius 1 is 0.923 bits per heavy atom. The van der Waals surface area contributed by atoms with E-state index in [1.54, 1.807) is 0 Å². The second-order valence-corrected chi connectivity index (χ2v) is 1.25. The summed E-state index contributed by atoms with van der Waals surface area (Å²) in [6.07, 6.45) is 11.5. The van der Waals surface area contributed by atoms with Crippen molar-refractivity contribution in [3.8, 4) is 0 Å². The van der Waals surface area contributed by atoms with E-state index < -0.39 is 0 Å². The molecule has 13 heavy (non-hydrogen) atoms. The smallest absolute Gasteiger partial charge is 0.0312 e. The molecule has 5 radical (unpaired) electrons. The fourth-order valence-corrected chi connectivity index (χ4v) is 0.321. The van der Waals surface area contributed by atoms with Crippen LogP contribution in [0.25, 0.3) is 0 Å². The summed E-state index contributed by atoms with van der Waals surface area (Å²) in [6.45, 7) is 15.5. The zero-order chi connectivity index (χ0) is 10.2. The molecule has 3 heteroatoms. The molecule has 0 amide bonds. The van der Waals surface area contributed by atoms with Gasteiger partial charge in [0.2, 0.25) is 0 Å². The van der Waals surface area contributed by atoms with Gasteiger partial charge in [-0.25, -0.2) is 19.6 Å². The largest absolute Gasteiger partial charge is 2.00 e. The third-order valence-electron chi connectivity index (χ3n) is 0.556. The molecular formula is C10H10FeO2+. The van der Waals surface area contributed by atoms with Gasteiger partial charge in [0, 0.05) is 0 Å². The van der Waals surface area contributed by atoms with Crippen molar-refractivity contribution in [1.29, 1.82) is 0 Å². The summed E-state index contributed by atoms with van der Waals surface area (Å²) >= 11 is 0. The summed E-state index contributed by atoms with van der Waals surface area (Å²) in [7, 11) is 0. The van der Waals surface area contributed by atoms with Crippen LogP contribution in [0.1, 0.15) is 0 Å². The zero-order valence-corrected chi connectivity index (χ0v) is 8.15. The van der Waals surface area contributed by atoms with Gasteiger partial charge in [0.1, 0.15) is 0 Å². The van der Waals surface area contributed by atoms with Crippen LogP contribution in [0.4, 0.5) is 0 Å². The van der Waals surface area contributed by atoms with Crippen molar-refractivity contribution >= 4 is 0 Å². The van der Waals surface area contributed by atoms with Crippen LogP contribution in [0.2, 0.25) is 0 Å². The summed E-state index contributed by atoms with van der Waals surface area (Å²) in [5.74, 6) is 0. The van der Waals surface area contributed by atoms with Crippen molar-refractivity contribution in [2.45, 2.75) is 0 Å². The Hall–Kier alpha value is -0.391. The minimum Gasteiger partial charge on any atom is -0.0312 e. The summed E-state index contributed by atoms with van der Waals surface area (Å²) in [5.41, 5.74) is 0. The molecule has 69 valence electrons. The summed E-state index contributed by atoms with van der Waals surface area (Å²) < 4.78 is 15.0. The zero-order valence-electron chi connectivity index (χ0n) is 7.05. The van der Waals surface area contributed by atoms with Gasteiger partial charge < -0.3 is 0 Å². The van der Waals surface area contributed by atoms with Gasteiger partial charge in [0.05, 0.1) is 0 Å². The third kappa shape index (κ3) is 50.5. The Bertz CT molecular complexity index is 90.4. The Kier molecular flexibility index (Phi) is 73.2. The SMILES string of the molecule is C=C[CH2-].[C-]#[O+].[C-]#[O+].[CH]1[CH][CH][CH][CH]1.[Fe+2]. The monoisotopic (exact) mass is 218 g/mol. The molecule has 0 heterocycles. The summed E-state index contributed by atoms with van der Waals surface area (Å²) in [5, 5.41) is 0. The quantitative estimate of drug-likeness (QED) is 0.338. The second-order valence-electron chi connectivity index (χ2n) is 1.25. The van der Waals surface area contributed by atoms with Gasteiger partial charge in [-0.2, -0.15) is 0 Å². The van der Waals surface area contributed by atoms with Gasteiger partial charge in [0.25, 0.3) is 0 Å². The molecule has 0 N–H and O–H groups in total. The van der Waals surface area contributed by atoms with Gasteiger partial charge >= 0.3 is 39.7 Å². The molecule has 1 aliphatic carbocycles. The first-order chi connectivity index (χ1) is 5.91. The Labute approximate surface area is 91.7 Å². The molecule has 0 aromatic carbocycles. The molecular weight excluding hydrogens is 208 g/mol. The number of hydrogen-bond acceptors (Lipinski definition) is 0. The minimum absolute atomic E-state index is 0. The molecule has 0 aromatic heterocycles. The standard InChI is InChI=1S/C5H5.C3H5.2CO.Fe/c1-2-4-5-3-1;1-3-2;2*1-2;/h1-5H;3H,1-2H2;;;/q;-1;;;+2. The molecule has 1 aliphatic rings. The van der Waals surface area contributed by atoms with Gasteiger partial charge in [-0.05, 0) is 32.1 Å². The summed E-state index contributed by atoms with van der Waals surface area (Å²) in [6, 6.07) is 0. The maximum Gasteiger partial charge on any atom is 2.00 e. The van der Waals surface area contributed by atoms with Gasteiger partial charge in [-0.15, -0.1) is 0 Å². The molecule has 0 unspecified atom stereocenters. The first kappa shape index (κ1) is 22.9. The number of allylic oxidation sites excluding steroid dienone is 1. The van der Waals surface area contributed by atoms with E-state index in [1.165, 1.54) is 6.08 Å². The third-order valence-corrected chi connectivity index (χ3v) is 0.556. The maximum absolute atomic E-state index is 7.50. The molecule has 0 aromatic rings. The van der Waals surface area contributed by atoms with E-state index in [1.807, 2.05) is 32.1 Å². The normalized spacial score (nSPS) is 10.5. The fourth-order valence-electron chi connectivity index (χ4n) is 0.321. The van der Waals surface area contributed by atoms with E-state index >= 15 is 0 Å². The predicted molar refractivity (Wildman–Crippen MR) is 44.9 cm³/mol. The van der Waals surface area contributed by atoms with E-state index in [0.717, 1.165) is 0 Å². The van der Waals surface area contributed by atoms with Crippen LogP contribution >= 0.6 is 0 Å². The van der Waals surface area contributed by atoms with Gasteiger partial charge in [0.15, 0.2) is 0 Å². The van der Waals surface area contributed by atoms with Crippen LogP contribution in [0.3, 0.4) is 0 Å². The van der Waals surface area contributed by atoms with Crippen LogP contribution in [0.15, 0.2) is 12.7 Å². The predicted octanol–water partition coefficient (Wildman–Crippen LogP) is 1.95. The molecule has 0 spiro atoms. The average molecular weight is 218 g/mol. The molecule has 0 aliphatic heterocycles. The molecule has 2 nitrogen and oxygen atoms in total. The van der Waals surface area contributed by atoms with Crippen molar-refractivity contribution in [3.05, 3.63) is 65.0 Å². The fraction of sp³-hybridized carbons (Fsp3) is 0. The molecule has 1 fully saturated rings. The topological polar surface area (TPSA) is 39.8 Å². The van der Waals surface area contributed by atoms with Crippen molar-refractivity contribution < 1.29 is 26.4 Å². The van der Waals surface area contributed by atoms with Gasteiger partial charge in [-0.1, -0.05) is 0 Å². The van der Waals surface area contributed by atoms with Crippen molar-refractivity contribution in [2.24, 2.45) is 0 Å². The first-order valence-corrected chi connectivity index (χ1v) is 2.89. The van der Waals surface area contributed by atoms with E-state index in [4.69, 9.17) is 9.30 Å². The molecule has 0 atom stereocenters. The first-order valence-electron chi connectivity index (χ1n) is 2.89. The van der Waals surface area contributed by atoms with Crippen LogP contribution in [0.5, 0.6) is 0 Å². The molecule has 1 rings (SSSR count). The Morgan fingerprint density at radius 3 is 1.08 bits per heavy atom. The molecule has 1 saturated carbocycles. The van der Waals surface area contributed by atoms with Crippen LogP contribution in [0, 0.1) is 52.3 Å². The van der Waals surface area contributed by atoms with Crippen LogP contribution < -0.4 is 0 Å². The van der Waals surface area contributed by atoms with Crippen molar-refractivity contribution in [1.82, 2.24) is 0 Å². The Morgan fingerprint density at radius 2 is 1.00 bits per heavy atom. The number of rotatable bonds is 0. The number of hydrogen-bond donors (Lipinski definition) is 0.